The maximum Gasteiger partial charge on any atom is 0.573 e. The van der Waals surface area contributed by atoms with Crippen molar-refractivity contribution in [3.8, 4) is 22.6 Å². The molecule has 0 saturated carbocycles. The molecule has 0 radical (unpaired) electrons. The lowest BCUT2D eigenvalue weighted by molar-refractivity contribution is -0.274. The van der Waals surface area contributed by atoms with E-state index in [1.165, 1.54) is 24.5 Å². The van der Waals surface area contributed by atoms with E-state index in [0.29, 0.717) is 24.4 Å². The van der Waals surface area contributed by atoms with E-state index >= 15 is 0 Å². The molecule has 1 aliphatic heterocycles. The summed E-state index contributed by atoms with van der Waals surface area (Å²) in [5, 5.41) is 0. The van der Waals surface area contributed by atoms with Crippen LogP contribution >= 0.6 is 0 Å². The monoisotopic (exact) mass is 429 g/mol. The van der Waals surface area contributed by atoms with Crippen LogP contribution in [0.3, 0.4) is 0 Å². The first kappa shape index (κ1) is 20.6. The molecule has 0 N–H and O–H groups in total. The van der Waals surface area contributed by atoms with Crippen LogP contribution in [0.25, 0.3) is 11.1 Å². The van der Waals surface area contributed by atoms with Gasteiger partial charge in [0, 0.05) is 24.5 Å². The molecule has 1 aliphatic rings. The average molecular weight is 429 g/mol. The molecule has 9 heteroatoms. The predicted molar refractivity (Wildman–Crippen MR) is 105 cm³/mol. The van der Waals surface area contributed by atoms with Gasteiger partial charge in [0.2, 0.25) is 5.82 Å². The Morgan fingerprint density at radius 1 is 1.10 bits per heavy atom. The van der Waals surface area contributed by atoms with Crippen molar-refractivity contribution < 1.29 is 27.4 Å². The quantitative estimate of drug-likeness (QED) is 0.615. The van der Waals surface area contributed by atoms with E-state index in [1.807, 2.05) is 19.1 Å². The van der Waals surface area contributed by atoms with E-state index < -0.39 is 6.36 Å². The van der Waals surface area contributed by atoms with Crippen LogP contribution in [0.4, 0.5) is 13.2 Å². The van der Waals surface area contributed by atoms with Crippen molar-refractivity contribution >= 4 is 5.91 Å². The minimum Gasteiger partial charge on any atom is -0.489 e. The lowest BCUT2D eigenvalue weighted by atomic mass is 10.0. The van der Waals surface area contributed by atoms with Crippen LogP contribution in [-0.2, 0) is 6.54 Å². The second kappa shape index (κ2) is 8.25. The molecule has 1 unspecified atom stereocenters. The van der Waals surface area contributed by atoms with Gasteiger partial charge in [-0.3, -0.25) is 4.79 Å². The summed E-state index contributed by atoms with van der Waals surface area (Å²) in [7, 11) is 0. The summed E-state index contributed by atoms with van der Waals surface area (Å²) in [6.07, 6.45) is -1.96. The van der Waals surface area contributed by atoms with Gasteiger partial charge >= 0.3 is 6.36 Å². The van der Waals surface area contributed by atoms with Gasteiger partial charge < -0.3 is 14.4 Å². The van der Waals surface area contributed by atoms with Gasteiger partial charge in [-0.25, -0.2) is 9.97 Å². The van der Waals surface area contributed by atoms with Gasteiger partial charge in [0.15, 0.2) is 0 Å². The fourth-order valence-electron chi connectivity index (χ4n) is 3.39. The van der Waals surface area contributed by atoms with E-state index in [2.05, 4.69) is 14.7 Å². The average Bonchev–Trinajstić information content (AvgIpc) is 2.90. The fraction of sp³-hybridized carbons (Fsp3) is 0.227. The second-order valence-corrected chi connectivity index (χ2v) is 7.08. The molecule has 1 aromatic heterocycles. The zero-order chi connectivity index (χ0) is 22.0. The maximum absolute atomic E-state index is 12.9. The van der Waals surface area contributed by atoms with Crippen LogP contribution in [0.1, 0.15) is 23.1 Å². The summed E-state index contributed by atoms with van der Waals surface area (Å²) < 4.78 is 47.0. The van der Waals surface area contributed by atoms with Crippen LogP contribution in [0.15, 0.2) is 60.9 Å². The van der Waals surface area contributed by atoms with Gasteiger partial charge in [0.25, 0.3) is 5.91 Å². The van der Waals surface area contributed by atoms with Gasteiger partial charge in [-0.05, 0) is 48.4 Å². The molecule has 4 rings (SSSR count). The molecular formula is C22H18F3N3O3. The largest absolute Gasteiger partial charge is 0.573 e. The maximum atomic E-state index is 12.9. The third-order valence-electron chi connectivity index (χ3n) is 4.69. The number of amides is 1. The van der Waals surface area contributed by atoms with Crippen molar-refractivity contribution in [2.24, 2.45) is 0 Å². The van der Waals surface area contributed by atoms with Crippen molar-refractivity contribution in [3.63, 3.8) is 0 Å². The third kappa shape index (κ3) is 4.93. The Morgan fingerprint density at radius 3 is 2.45 bits per heavy atom. The number of hydrogen-bond donors (Lipinski definition) is 0. The molecule has 3 aromatic rings. The van der Waals surface area contributed by atoms with Gasteiger partial charge in [0.1, 0.15) is 17.6 Å². The predicted octanol–water partition coefficient (Wildman–Crippen LogP) is 4.47. The fourth-order valence-corrected chi connectivity index (χ4v) is 3.39. The SMILES string of the molecule is CC1CN(C(=O)c2ncccn2)Cc2cc(-c3ccc(OC(F)(F)F)cc3)ccc2O1. The van der Waals surface area contributed by atoms with Crippen molar-refractivity contribution in [3.05, 3.63) is 72.3 Å². The highest BCUT2D eigenvalue weighted by atomic mass is 19.4. The number of ether oxygens (including phenoxy) is 2. The summed E-state index contributed by atoms with van der Waals surface area (Å²) >= 11 is 0. The highest BCUT2D eigenvalue weighted by molar-refractivity contribution is 5.90. The van der Waals surface area contributed by atoms with E-state index in [9.17, 15) is 18.0 Å². The van der Waals surface area contributed by atoms with Gasteiger partial charge in [-0.1, -0.05) is 18.2 Å². The summed E-state index contributed by atoms with van der Waals surface area (Å²) in [4.78, 5) is 22.5. The van der Waals surface area contributed by atoms with Crippen LogP contribution in [0.5, 0.6) is 11.5 Å². The minimum atomic E-state index is -4.74. The van der Waals surface area contributed by atoms with Crippen molar-refractivity contribution in [2.75, 3.05) is 6.54 Å². The van der Waals surface area contributed by atoms with Gasteiger partial charge in [-0.15, -0.1) is 13.2 Å². The van der Waals surface area contributed by atoms with E-state index in [-0.39, 0.29) is 23.6 Å². The number of rotatable bonds is 3. The Hall–Kier alpha value is -3.62. The molecule has 6 nitrogen and oxygen atoms in total. The Bertz CT molecular complexity index is 1070. The van der Waals surface area contributed by atoms with E-state index in [0.717, 1.165) is 11.1 Å². The Morgan fingerprint density at radius 2 is 1.77 bits per heavy atom. The standard InChI is InChI=1S/C22H18F3N3O3/c1-14-12-28(21(29)20-26-9-2-10-27-20)13-17-11-16(5-8-19(17)30-14)15-3-6-18(7-4-15)31-22(23,24)25/h2-11,14H,12-13H2,1H3. The third-order valence-corrected chi connectivity index (χ3v) is 4.69. The number of fused-ring (bicyclic) bond motifs is 1. The first-order valence-electron chi connectivity index (χ1n) is 9.50. The molecule has 1 atom stereocenters. The van der Waals surface area contributed by atoms with Gasteiger partial charge in [0.05, 0.1) is 6.54 Å². The molecule has 0 saturated heterocycles. The van der Waals surface area contributed by atoms with Crippen LogP contribution in [-0.4, -0.2) is 39.8 Å². The lowest BCUT2D eigenvalue weighted by Gasteiger charge is -2.21. The summed E-state index contributed by atoms with van der Waals surface area (Å²) in [5.74, 6) is 0.165. The molecular weight excluding hydrogens is 411 g/mol. The molecule has 0 spiro atoms. The van der Waals surface area contributed by atoms with E-state index in [4.69, 9.17) is 4.74 Å². The van der Waals surface area contributed by atoms with Crippen LogP contribution < -0.4 is 9.47 Å². The molecule has 0 bridgehead atoms. The topological polar surface area (TPSA) is 64.6 Å². The first-order valence-corrected chi connectivity index (χ1v) is 9.50. The molecule has 2 heterocycles. The number of aromatic nitrogens is 2. The first-order chi connectivity index (χ1) is 14.8. The number of hydrogen-bond acceptors (Lipinski definition) is 5. The molecule has 2 aromatic carbocycles. The summed E-state index contributed by atoms with van der Waals surface area (Å²) in [5.41, 5.74) is 2.26. The molecule has 31 heavy (non-hydrogen) atoms. The summed E-state index contributed by atoms with van der Waals surface area (Å²) in [6, 6.07) is 12.7. The second-order valence-electron chi connectivity index (χ2n) is 7.08. The normalized spacial score (nSPS) is 16.1. The highest BCUT2D eigenvalue weighted by Crippen LogP contribution is 2.32. The number of nitrogens with zero attached hydrogens (tertiary/aromatic N) is 3. The van der Waals surface area contributed by atoms with Crippen LogP contribution in [0, 0.1) is 0 Å². The number of halogens is 3. The van der Waals surface area contributed by atoms with Crippen LogP contribution in [0.2, 0.25) is 0 Å². The number of carbonyl (C=O) groups is 1. The number of benzene rings is 2. The zero-order valence-corrected chi connectivity index (χ0v) is 16.5. The van der Waals surface area contributed by atoms with Gasteiger partial charge in [-0.2, -0.15) is 0 Å². The minimum absolute atomic E-state index is 0.106. The summed E-state index contributed by atoms with van der Waals surface area (Å²) in [6.45, 7) is 2.53. The van der Waals surface area contributed by atoms with Crippen molar-refractivity contribution in [2.45, 2.75) is 25.9 Å². The number of alkyl halides is 3. The van der Waals surface area contributed by atoms with E-state index in [1.54, 1.807) is 29.2 Å². The highest BCUT2D eigenvalue weighted by Gasteiger charge is 2.31. The van der Waals surface area contributed by atoms with Crippen molar-refractivity contribution in [1.29, 1.82) is 0 Å². The Balaban J connectivity index is 1.60. The lowest BCUT2D eigenvalue weighted by Crippen LogP contribution is -2.36. The molecule has 0 aliphatic carbocycles. The Kier molecular flexibility index (Phi) is 5.50. The molecule has 1 amide bonds. The number of carbonyl (C=O) groups excluding carboxylic acids is 1. The zero-order valence-electron chi connectivity index (χ0n) is 16.5. The Labute approximate surface area is 176 Å². The van der Waals surface area contributed by atoms with Crippen molar-refractivity contribution in [1.82, 2.24) is 14.9 Å². The molecule has 0 fully saturated rings. The molecule has 160 valence electrons. The smallest absolute Gasteiger partial charge is 0.489 e.